The highest BCUT2D eigenvalue weighted by Crippen LogP contribution is 2.42. The van der Waals surface area contributed by atoms with Gasteiger partial charge in [0.05, 0.1) is 0 Å². The number of hydrogen-bond acceptors (Lipinski definition) is 4. The summed E-state index contributed by atoms with van der Waals surface area (Å²) < 4.78 is 0. The van der Waals surface area contributed by atoms with Crippen LogP contribution in [0.5, 0.6) is 0 Å². The SMILES string of the molecule is CN(C)C(=O)c1ccc2c(c1)CCc1cc(C(=O)N(C)C)ccc1C2(CCN)C(N)=O. The topological polar surface area (TPSA) is 110 Å². The molecule has 0 unspecified atom stereocenters. The number of nitrogens with zero attached hydrogens (tertiary/aromatic N) is 2. The molecule has 0 aromatic heterocycles. The van der Waals surface area contributed by atoms with Gasteiger partial charge in [0.1, 0.15) is 5.41 Å². The highest BCUT2D eigenvalue weighted by Gasteiger charge is 2.44. The first-order valence-electron chi connectivity index (χ1n) is 10.3. The zero-order valence-electron chi connectivity index (χ0n) is 18.6. The molecule has 0 bridgehead atoms. The van der Waals surface area contributed by atoms with Crippen molar-refractivity contribution in [3.63, 3.8) is 0 Å². The molecule has 164 valence electrons. The van der Waals surface area contributed by atoms with Gasteiger partial charge in [0.25, 0.3) is 11.8 Å². The molecule has 0 radical (unpaired) electrons. The quantitative estimate of drug-likeness (QED) is 0.757. The minimum atomic E-state index is -1.12. The fourth-order valence-electron chi connectivity index (χ4n) is 4.51. The summed E-state index contributed by atoms with van der Waals surface area (Å²) in [5.41, 5.74) is 15.4. The van der Waals surface area contributed by atoms with Gasteiger partial charge in [0.2, 0.25) is 5.91 Å². The molecule has 1 aliphatic rings. The van der Waals surface area contributed by atoms with E-state index in [1.165, 1.54) is 9.80 Å². The average molecular weight is 423 g/mol. The summed E-state index contributed by atoms with van der Waals surface area (Å²) in [5.74, 6) is -0.695. The van der Waals surface area contributed by atoms with Crippen molar-refractivity contribution in [3.8, 4) is 0 Å². The first kappa shape index (κ1) is 22.5. The number of carbonyl (C=O) groups is 3. The van der Waals surface area contributed by atoms with E-state index in [1.807, 2.05) is 24.3 Å². The van der Waals surface area contributed by atoms with Crippen LogP contribution in [-0.4, -0.2) is 62.3 Å². The Morgan fingerprint density at radius 2 is 1.26 bits per heavy atom. The minimum Gasteiger partial charge on any atom is -0.369 e. The van der Waals surface area contributed by atoms with Gasteiger partial charge in [-0.3, -0.25) is 14.4 Å². The molecule has 0 saturated heterocycles. The van der Waals surface area contributed by atoms with Crippen LogP contribution >= 0.6 is 0 Å². The number of hydrogen-bond donors (Lipinski definition) is 2. The number of benzene rings is 2. The molecule has 0 heterocycles. The van der Waals surface area contributed by atoms with E-state index in [-0.39, 0.29) is 18.4 Å². The van der Waals surface area contributed by atoms with Crippen LogP contribution in [-0.2, 0) is 23.1 Å². The van der Waals surface area contributed by atoms with Gasteiger partial charge in [-0.25, -0.2) is 0 Å². The molecule has 0 spiro atoms. The Morgan fingerprint density at radius 3 is 1.58 bits per heavy atom. The molecule has 7 heteroatoms. The van der Waals surface area contributed by atoms with Crippen molar-refractivity contribution < 1.29 is 14.4 Å². The lowest BCUT2D eigenvalue weighted by molar-refractivity contribution is -0.122. The summed E-state index contributed by atoms with van der Waals surface area (Å²) in [6.45, 7) is 0.262. The lowest BCUT2D eigenvalue weighted by Gasteiger charge is -2.33. The Hall–Kier alpha value is -3.19. The van der Waals surface area contributed by atoms with Gasteiger partial charge in [0, 0.05) is 39.3 Å². The molecule has 3 amide bonds. The largest absolute Gasteiger partial charge is 0.369 e. The summed E-state index contributed by atoms with van der Waals surface area (Å²) in [4.78, 5) is 41.1. The Bertz CT molecular complexity index is 972. The summed E-state index contributed by atoms with van der Waals surface area (Å²) in [6, 6.07) is 10.9. The molecule has 4 N–H and O–H groups in total. The van der Waals surface area contributed by atoms with Gasteiger partial charge in [-0.2, -0.15) is 0 Å². The van der Waals surface area contributed by atoms with E-state index in [0.717, 1.165) is 22.3 Å². The molecular formula is C24H30N4O3. The molecular weight excluding hydrogens is 392 g/mol. The zero-order chi connectivity index (χ0) is 22.9. The van der Waals surface area contributed by atoms with Gasteiger partial charge in [-0.1, -0.05) is 12.1 Å². The Kier molecular flexibility index (Phi) is 6.18. The summed E-state index contributed by atoms with van der Waals surface area (Å²) in [7, 11) is 6.81. The van der Waals surface area contributed by atoms with Gasteiger partial charge in [0.15, 0.2) is 0 Å². The van der Waals surface area contributed by atoms with Crippen LogP contribution in [0.1, 0.15) is 49.4 Å². The molecule has 31 heavy (non-hydrogen) atoms. The maximum atomic E-state index is 13.0. The lowest BCUT2D eigenvalue weighted by Crippen LogP contribution is -2.44. The Labute approximate surface area is 183 Å². The standard InChI is InChI=1S/C24H30N4O3/c1-27(2)21(29)17-7-9-19-15(13-17)5-6-16-14-18(22(30)28(3)4)8-10-20(16)24(19,11-12-25)23(26)31/h7-10,13-14H,5-6,11-12,25H2,1-4H3,(H2,26,31). The minimum absolute atomic E-state index is 0.105. The van der Waals surface area contributed by atoms with Gasteiger partial charge in [-0.15, -0.1) is 0 Å². The van der Waals surface area contributed by atoms with Crippen LogP contribution in [0.25, 0.3) is 0 Å². The molecule has 0 atom stereocenters. The Morgan fingerprint density at radius 1 is 0.839 bits per heavy atom. The molecule has 0 aliphatic heterocycles. The summed E-state index contributed by atoms with van der Waals surface area (Å²) >= 11 is 0. The predicted molar refractivity (Wildman–Crippen MR) is 120 cm³/mol. The Balaban J connectivity index is 2.25. The van der Waals surface area contributed by atoms with E-state index in [4.69, 9.17) is 11.5 Å². The van der Waals surface area contributed by atoms with Gasteiger partial charge < -0.3 is 21.3 Å². The number of primary amides is 1. The number of carbonyl (C=O) groups excluding carboxylic acids is 3. The molecule has 3 rings (SSSR count). The molecule has 0 saturated carbocycles. The van der Waals surface area contributed by atoms with E-state index in [9.17, 15) is 14.4 Å². The molecule has 1 aliphatic carbocycles. The van der Waals surface area contributed by atoms with E-state index in [1.54, 1.807) is 40.3 Å². The van der Waals surface area contributed by atoms with Gasteiger partial charge in [-0.05, 0) is 72.3 Å². The van der Waals surface area contributed by atoms with Crippen LogP contribution in [0.2, 0.25) is 0 Å². The zero-order valence-corrected chi connectivity index (χ0v) is 18.6. The average Bonchev–Trinajstić information content (AvgIpc) is 2.87. The van der Waals surface area contributed by atoms with Crippen molar-refractivity contribution in [2.75, 3.05) is 34.7 Å². The predicted octanol–water partition coefficient (Wildman–Crippen LogP) is 1.31. The van der Waals surface area contributed by atoms with Crippen LogP contribution in [0, 0.1) is 0 Å². The van der Waals surface area contributed by atoms with E-state index < -0.39 is 11.3 Å². The van der Waals surface area contributed by atoms with Crippen molar-refractivity contribution in [2.45, 2.75) is 24.7 Å². The summed E-state index contributed by atoms with van der Waals surface area (Å²) in [6.07, 6.45) is 1.58. The molecule has 7 nitrogen and oxygen atoms in total. The second kappa shape index (κ2) is 8.51. The number of nitrogens with two attached hydrogens (primary N) is 2. The maximum absolute atomic E-state index is 13.0. The first-order chi connectivity index (χ1) is 14.6. The van der Waals surface area contributed by atoms with Gasteiger partial charge >= 0.3 is 0 Å². The van der Waals surface area contributed by atoms with Crippen molar-refractivity contribution in [3.05, 3.63) is 69.8 Å². The van der Waals surface area contributed by atoms with E-state index in [2.05, 4.69) is 0 Å². The normalized spacial score (nSPS) is 14.1. The lowest BCUT2D eigenvalue weighted by atomic mass is 9.69. The highest BCUT2D eigenvalue weighted by atomic mass is 16.2. The fourth-order valence-corrected chi connectivity index (χ4v) is 4.51. The van der Waals surface area contributed by atoms with Crippen molar-refractivity contribution in [2.24, 2.45) is 11.5 Å². The molecule has 0 fully saturated rings. The third-order valence-electron chi connectivity index (χ3n) is 6.04. The maximum Gasteiger partial charge on any atom is 0.253 e. The molecule has 2 aromatic rings. The third-order valence-corrected chi connectivity index (χ3v) is 6.04. The summed E-state index contributed by atoms with van der Waals surface area (Å²) in [5, 5.41) is 0. The molecule has 2 aromatic carbocycles. The second-order valence-corrected chi connectivity index (χ2v) is 8.45. The van der Waals surface area contributed by atoms with Crippen molar-refractivity contribution in [1.82, 2.24) is 9.80 Å². The first-order valence-corrected chi connectivity index (χ1v) is 10.3. The smallest absolute Gasteiger partial charge is 0.253 e. The van der Waals surface area contributed by atoms with Crippen LogP contribution in [0.15, 0.2) is 36.4 Å². The highest BCUT2D eigenvalue weighted by molar-refractivity contribution is 5.97. The fraction of sp³-hybridized carbons (Fsp3) is 0.375. The monoisotopic (exact) mass is 422 g/mol. The number of fused-ring (bicyclic) bond motifs is 2. The van der Waals surface area contributed by atoms with Crippen molar-refractivity contribution >= 4 is 17.7 Å². The number of rotatable bonds is 5. The van der Waals surface area contributed by atoms with E-state index >= 15 is 0 Å². The number of aryl methyl sites for hydroxylation is 2. The van der Waals surface area contributed by atoms with Crippen LogP contribution < -0.4 is 11.5 Å². The van der Waals surface area contributed by atoms with Crippen LogP contribution in [0.4, 0.5) is 0 Å². The second-order valence-electron chi connectivity index (χ2n) is 8.45. The van der Waals surface area contributed by atoms with Crippen molar-refractivity contribution in [1.29, 1.82) is 0 Å². The van der Waals surface area contributed by atoms with E-state index in [0.29, 0.717) is 30.4 Å². The third kappa shape index (κ3) is 3.81. The van der Waals surface area contributed by atoms with Crippen LogP contribution in [0.3, 0.4) is 0 Å². The number of amides is 3.